The molecule has 19 heavy (non-hydrogen) atoms. The third-order valence-corrected chi connectivity index (χ3v) is 2.83. The number of hydrogen-bond donors (Lipinski definition) is 0. The van der Waals surface area contributed by atoms with Crippen LogP contribution in [0.1, 0.15) is 29.8 Å². The van der Waals surface area contributed by atoms with E-state index in [1.165, 1.54) is 14.2 Å². The molecule has 0 aliphatic carbocycles. The van der Waals surface area contributed by atoms with Gasteiger partial charge in [0.05, 0.1) is 25.3 Å². The minimum atomic E-state index is -0.469. The van der Waals surface area contributed by atoms with Crippen molar-refractivity contribution in [2.24, 2.45) is 4.99 Å². The van der Waals surface area contributed by atoms with Crippen LogP contribution in [-0.2, 0) is 9.47 Å². The number of hydrogen-bond acceptors (Lipinski definition) is 5. The van der Waals surface area contributed by atoms with Gasteiger partial charge in [0.25, 0.3) is 0 Å². The van der Waals surface area contributed by atoms with Gasteiger partial charge in [-0.15, -0.1) is 0 Å². The van der Waals surface area contributed by atoms with Crippen molar-refractivity contribution >= 4 is 11.9 Å². The molecule has 1 aliphatic rings. The summed E-state index contributed by atoms with van der Waals surface area (Å²) >= 11 is 0. The van der Waals surface area contributed by atoms with Crippen molar-refractivity contribution in [3.63, 3.8) is 0 Å². The predicted octanol–water partition coefficient (Wildman–Crippen LogP) is 2.04. The van der Waals surface area contributed by atoms with Gasteiger partial charge in [-0.05, 0) is 26.0 Å². The fraction of sp³-hybridized carbons (Fsp3) is 0.429. The van der Waals surface area contributed by atoms with E-state index in [9.17, 15) is 4.79 Å². The van der Waals surface area contributed by atoms with E-state index in [4.69, 9.17) is 14.2 Å². The van der Waals surface area contributed by atoms with Crippen molar-refractivity contribution < 1.29 is 19.0 Å². The minimum absolute atomic E-state index is 0.286. The molecule has 1 aliphatic heterocycles. The summed E-state index contributed by atoms with van der Waals surface area (Å²) in [4.78, 5) is 16.4. The zero-order valence-electron chi connectivity index (χ0n) is 11.5. The lowest BCUT2D eigenvalue weighted by molar-refractivity contribution is 0.0596. The molecule has 0 fully saturated rings. The molecule has 0 saturated carbocycles. The fourth-order valence-electron chi connectivity index (χ4n) is 1.91. The van der Waals surface area contributed by atoms with E-state index >= 15 is 0 Å². The summed E-state index contributed by atoms with van der Waals surface area (Å²) in [6.45, 7) is 4.43. The van der Waals surface area contributed by atoms with E-state index < -0.39 is 5.97 Å². The van der Waals surface area contributed by atoms with Gasteiger partial charge in [-0.3, -0.25) is 0 Å². The normalized spacial score (nSPS) is 16.5. The topological polar surface area (TPSA) is 57.1 Å². The second-order valence-electron chi connectivity index (χ2n) is 4.89. The van der Waals surface area contributed by atoms with Gasteiger partial charge in [0.1, 0.15) is 17.9 Å². The lowest BCUT2D eigenvalue weighted by Gasteiger charge is -2.11. The fourth-order valence-corrected chi connectivity index (χ4v) is 1.91. The third kappa shape index (κ3) is 2.54. The van der Waals surface area contributed by atoms with Crippen LogP contribution < -0.4 is 4.74 Å². The molecule has 0 N–H and O–H groups in total. The van der Waals surface area contributed by atoms with E-state index in [-0.39, 0.29) is 5.54 Å². The largest absolute Gasteiger partial charge is 0.496 e. The second kappa shape index (κ2) is 4.91. The number of esters is 1. The molecule has 1 heterocycles. The summed E-state index contributed by atoms with van der Waals surface area (Å²) in [7, 11) is 2.84. The zero-order valence-corrected chi connectivity index (χ0v) is 11.5. The molecule has 0 radical (unpaired) electrons. The second-order valence-corrected chi connectivity index (χ2v) is 4.89. The highest BCUT2D eigenvalue weighted by molar-refractivity contribution is 6.07. The molecule has 1 aromatic carbocycles. The van der Waals surface area contributed by atoms with Crippen LogP contribution in [0.25, 0.3) is 0 Å². The van der Waals surface area contributed by atoms with Gasteiger partial charge in [0.2, 0.25) is 5.90 Å². The Morgan fingerprint density at radius 2 is 2.11 bits per heavy atom. The Balaban J connectivity index is 2.55. The Labute approximate surface area is 112 Å². The molecule has 0 amide bonds. The molecule has 0 unspecified atom stereocenters. The van der Waals surface area contributed by atoms with Gasteiger partial charge in [-0.25, -0.2) is 9.79 Å². The molecule has 2 rings (SSSR count). The Bertz CT molecular complexity index is 534. The zero-order chi connectivity index (χ0) is 14.0. The van der Waals surface area contributed by atoms with Gasteiger partial charge in [0, 0.05) is 0 Å². The maximum atomic E-state index is 11.9. The number of nitrogens with zero attached hydrogens (tertiary/aromatic N) is 1. The Morgan fingerprint density at radius 3 is 2.63 bits per heavy atom. The number of aliphatic imine (C=N–C) groups is 1. The molecule has 1 aromatic rings. The number of benzene rings is 1. The first-order valence-electron chi connectivity index (χ1n) is 5.97. The van der Waals surface area contributed by atoms with Crippen LogP contribution in [-0.4, -0.2) is 38.2 Å². The maximum absolute atomic E-state index is 11.9. The first-order chi connectivity index (χ1) is 8.98. The highest BCUT2D eigenvalue weighted by Crippen LogP contribution is 2.28. The van der Waals surface area contributed by atoms with Crippen LogP contribution in [0.5, 0.6) is 5.75 Å². The molecule has 0 bridgehead atoms. The highest BCUT2D eigenvalue weighted by atomic mass is 16.5. The molecule has 0 aromatic heterocycles. The van der Waals surface area contributed by atoms with Crippen molar-refractivity contribution in [1.82, 2.24) is 0 Å². The lowest BCUT2D eigenvalue weighted by Crippen LogP contribution is -2.17. The monoisotopic (exact) mass is 263 g/mol. The van der Waals surface area contributed by atoms with Gasteiger partial charge < -0.3 is 14.2 Å². The summed E-state index contributed by atoms with van der Waals surface area (Å²) in [5.41, 5.74) is 0.645. The smallest absolute Gasteiger partial charge is 0.342 e. The number of carbonyl (C=O) groups is 1. The number of ether oxygens (including phenoxy) is 3. The van der Waals surface area contributed by atoms with Gasteiger partial charge >= 0.3 is 5.97 Å². The van der Waals surface area contributed by atoms with Crippen LogP contribution in [0.4, 0.5) is 0 Å². The number of carbonyl (C=O) groups excluding carboxylic acids is 1. The average Bonchev–Trinajstić information content (AvgIpc) is 2.77. The van der Waals surface area contributed by atoms with E-state index in [1.54, 1.807) is 18.2 Å². The van der Waals surface area contributed by atoms with Crippen molar-refractivity contribution in [3.05, 3.63) is 29.3 Å². The highest BCUT2D eigenvalue weighted by Gasteiger charge is 2.30. The Kier molecular flexibility index (Phi) is 3.46. The van der Waals surface area contributed by atoms with Gasteiger partial charge in [-0.1, -0.05) is 6.07 Å². The van der Waals surface area contributed by atoms with Crippen molar-refractivity contribution in [3.8, 4) is 5.75 Å². The first kappa shape index (κ1) is 13.4. The van der Waals surface area contributed by atoms with Crippen molar-refractivity contribution in [2.45, 2.75) is 19.4 Å². The van der Waals surface area contributed by atoms with Gasteiger partial charge in [-0.2, -0.15) is 0 Å². The van der Waals surface area contributed by atoms with Gasteiger partial charge in [0.15, 0.2) is 0 Å². The van der Waals surface area contributed by atoms with Crippen LogP contribution in [0, 0.1) is 0 Å². The van der Waals surface area contributed by atoms with Crippen LogP contribution in [0.15, 0.2) is 23.2 Å². The van der Waals surface area contributed by atoms with Crippen LogP contribution in [0.3, 0.4) is 0 Å². The summed E-state index contributed by atoms with van der Waals surface area (Å²) in [5.74, 6) is 0.424. The molecule has 102 valence electrons. The number of methoxy groups -OCH3 is 2. The van der Waals surface area contributed by atoms with E-state index in [2.05, 4.69) is 4.99 Å². The molecular formula is C14H17NO4. The quantitative estimate of drug-likeness (QED) is 0.783. The first-order valence-corrected chi connectivity index (χ1v) is 5.97. The lowest BCUT2D eigenvalue weighted by atomic mass is 10.1. The minimum Gasteiger partial charge on any atom is -0.496 e. The van der Waals surface area contributed by atoms with Crippen LogP contribution >= 0.6 is 0 Å². The average molecular weight is 263 g/mol. The Morgan fingerprint density at radius 1 is 1.37 bits per heavy atom. The summed E-state index contributed by atoms with van der Waals surface area (Å²) < 4.78 is 15.6. The van der Waals surface area contributed by atoms with E-state index in [1.807, 2.05) is 13.8 Å². The number of rotatable bonds is 3. The molecule has 0 spiro atoms. The van der Waals surface area contributed by atoms with Crippen molar-refractivity contribution in [1.29, 1.82) is 0 Å². The third-order valence-electron chi connectivity index (χ3n) is 2.83. The molecule has 0 atom stereocenters. The van der Waals surface area contributed by atoms with E-state index in [0.29, 0.717) is 29.4 Å². The summed E-state index contributed by atoms with van der Waals surface area (Å²) in [6, 6.07) is 5.27. The molecule has 5 nitrogen and oxygen atoms in total. The molecule has 0 saturated heterocycles. The summed E-state index contributed by atoms with van der Waals surface area (Å²) in [6.07, 6.45) is 0. The summed E-state index contributed by atoms with van der Waals surface area (Å²) in [5, 5.41) is 0. The predicted molar refractivity (Wildman–Crippen MR) is 70.9 cm³/mol. The van der Waals surface area contributed by atoms with Crippen LogP contribution in [0.2, 0.25) is 0 Å². The van der Waals surface area contributed by atoms with Crippen molar-refractivity contribution in [2.75, 3.05) is 20.8 Å². The van der Waals surface area contributed by atoms with E-state index in [0.717, 1.165) is 0 Å². The standard InChI is InChI=1S/C14H17NO4/c1-14(2)8-19-12(15-14)9-6-5-7-10(17-3)11(9)13(16)18-4/h5-7H,8H2,1-4H3. The Hall–Kier alpha value is -2.04. The molecule has 5 heteroatoms. The SMILES string of the molecule is COC(=O)c1c(OC)cccc1C1=NC(C)(C)CO1. The maximum Gasteiger partial charge on any atom is 0.342 e. The molecular weight excluding hydrogens is 246 g/mol.